The van der Waals surface area contributed by atoms with E-state index in [1.807, 2.05) is 35.1 Å². The lowest BCUT2D eigenvalue weighted by atomic mass is 10.1. The number of hydrogen-bond acceptors (Lipinski definition) is 1. The molecule has 0 heterocycles. The Bertz CT molecular complexity index is 235. The standard InChI is InChI=1S/C10H13IO/c1-2-3-5-9-6-4-7-10(8-9)12-11/h4,6-8H,2-3,5H2,1H3. The molecule has 0 amide bonds. The monoisotopic (exact) mass is 276 g/mol. The SMILES string of the molecule is CCCCc1cccc(OI)c1. The minimum atomic E-state index is 0.948. The molecule has 66 valence electrons. The van der Waals surface area contributed by atoms with E-state index < -0.39 is 0 Å². The second-order valence-electron chi connectivity index (χ2n) is 2.83. The number of rotatable bonds is 4. The van der Waals surface area contributed by atoms with E-state index in [9.17, 15) is 0 Å². The minimum absolute atomic E-state index is 0.948. The van der Waals surface area contributed by atoms with E-state index in [0.717, 1.165) is 12.2 Å². The predicted octanol–water partition coefficient (Wildman–Crippen LogP) is 3.76. The van der Waals surface area contributed by atoms with Crippen LogP contribution in [-0.2, 0) is 6.42 Å². The van der Waals surface area contributed by atoms with Crippen LogP contribution in [-0.4, -0.2) is 0 Å². The fraction of sp³-hybridized carbons (Fsp3) is 0.400. The summed E-state index contributed by atoms with van der Waals surface area (Å²) in [6, 6.07) is 8.26. The average molecular weight is 276 g/mol. The molecule has 0 saturated heterocycles. The van der Waals surface area contributed by atoms with Gasteiger partial charge in [-0.1, -0.05) is 25.5 Å². The van der Waals surface area contributed by atoms with Gasteiger partial charge in [0.05, 0.1) is 0 Å². The molecule has 0 fully saturated rings. The molecular weight excluding hydrogens is 263 g/mol. The Kier molecular flexibility index (Phi) is 4.43. The van der Waals surface area contributed by atoms with Gasteiger partial charge in [0.2, 0.25) is 0 Å². The Morgan fingerprint density at radius 1 is 1.42 bits per heavy atom. The summed E-state index contributed by atoms with van der Waals surface area (Å²) in [5.41, 5.74) is 1.37. The van der Waals surface area contributed by atoms with Gasteiger partial charge < -0.3 is 3.07 Å². The summed E-state index contributed by atoms with van der Waals surface area (Å²) in [4.78, 5) is 0. The van der Waals surface area contributed by atoms with E-state index in [4.69, 9.17) is 3.07 Å². The second kappa shape index (κ2) is 5.41. The Morgan fingerprint density at radius 3 is 2.92 bits per heavy atom. The predicted molar refractivity (Wildman–Crippen MR) is 59.7 cm³/mol. The quantitative estimate of drug-likeness (QED) is 0.761. The summed E-state index contributed by atoms with van der Waals surface area (Å²) in [5, 5.41) is 0. The fourth-order valence-corrected chi connectivity index (χ4v) is 1.40. The molecule has 0 unspecified atom stereocenters. The molecule has 0 saturated carbocycles. The number of unbranched alkanes of at least 4 members (excludes halogenated alkanes) is 1. The van der Waals surface area contributed by atoms with Crippen LogP contribution >= 0.6 is 23.0 Å². The lowest BCUT2D eigenvalue weighted by molar-refractivity contribution is 0.711. The topological polar surface area (TPSA) is 9.23 Å². The largest absolute Gasteiger partial charge is 0.428 e. The number of halogens is 1. The van der Waals surface area contributed by atoms with Crippen LogP contribution in [0.25, 0.3) is 0 Å². The van der Waals surface area contributed by atoms with E-state index in [2.05, 4.69) is 19.1 Å². The summed E-state index contributed by atoms with van der Waals surface area (Å²) in [5.74, 6) is 0.948. The Labute approximate surface area is 87.8 Å². The first-order valence-electron chi connectivity index (χ1n) is 4.24. The Morgan fingerprint density at radius 2 is 2.25 bits per heavy atom. The summed E-state index contributed by atoms with van der Waals surface area (Å²) >= 11 is 1.91. The molecule has 0 aliphatic heterocycles. The van der Waals surface area contributed by atoms with Crippen molar-refractivity contribution in [3.05, 3.63) is 29.8 Å². The first kappa shape index (κ1) is 9.84. The number of hydrogen-bond donors (Lipinski definition) is 0. The maximum atomic E-state index is 5.10. The Balaban J connectivity index is 2.60. The van der Waals surface area contributed by atoms with Crippen LogP contribution < -0.4 is 3.07 Å². The molecule has 0 aliphatic carbocycles. The third kappa shape index (κ3) is 3.01. The molecule has 0 aromatic heterocycles. The molecule has 2 heteroatoms. The fourth-order valence-electron chi connectivity index (χ4n) is 1.13. The normalized spacial score (nSPS) is 9.83. The molecule has 1 aromatic carbocycles. The molecule has 1 nitrogen and oxygen atoms in total. The van der Waals surface area contributed by atoms with Gasteiger partial charge in [-0.05, 0) is 30.5 Å². The van der Waals surface area contributed by atoms with Crippen molar-refractivity contribution in [2.75, 3.05) is 0 Å². The third-order valence-electron chi connectivity index (χ3n) is 1.81. The molecule has 1 rings (SSSR count). The average Bonchev–Trinajstić information content (AvgIpc) is 2.15. The van der Waals surface area contributed by atoms with Crippen LogP contribution in [0.2, 0.25) is 0 Å². The maximum absolute atomic E-state index is 5.10. The van der Waals surface area contributed by atoms with E-state index in [0.29, 0.717) is 0 Å². The molecule has 0 spiro atoms. The highest BCUT2D eigenvalue weighted by atomic mass is 127. The van der Waals surface area contributed by atoms with Crippen LogP contribution in [0.15, 0.2) is 24.3 Å². The molecule has 0 atom stereocenters. The number of aryl methyl sites for hydroxylation is 1. The number of benzene rings is 1. The summed E-state index contributed by atoms with van der Waals surface area (Å²) in [6.07, 6.45) is 3.66. The van der Waals surface area contributed by atoms with Gasteiger partial charge in [0.1, 0.15) is 5.75 Å². The van der Waals surface area contributed by atoms with E-state index >= 15 is 0 Å². The van der Waals surface area contributed by atoms with Crippen molar-refractivity contribution >= 4 is 23.0 Å². The lowest BCUT2D eigenvalue weighted by Gasteiger charge is -2.01. The van der Waals surface area contributed by atoms with Crippen LogP contribution in [0.4, 0.5) is 0 Å². The highest BCUT2D eigenvalue weighted by Crippen LogP contribution is 2.16. The van der Waals surface area contributed by atoms with E-state index in [1.54, 1.807) is 0 Å². The molecular formula is C10H13IO. The zero-order chi connectivity index (χ0) is 8.81. The highest BCUT2D eigenvalue weighted by molar-refractivity contribution is 14.1. The molecule has 0 aliphatic rings. The smallest absolute Gasteiger partial charge is 0.192 e. The maximum Gasteiger partial charge on any atom is 0.192 e. The van der Waals surface area contributed by atoms with Gasteiger partial charge in [-0.15, -0.1) is 0 Å². The zero-order valence-corrected chi connectivity index (χ0v) is 9.37. The van der Waals surface area contributed by atoms with Crippen molar-refractivity contribution in [1.82, 2.24) is 0 Å². The van der Waals surface area contributed by atoms with Gasteiger partial charge in [-0.3, -0.25) is 0 Å². The second-order valence-corrected chi connectivity index (χ2v) is 3.27. The Hall–Kier alpha value is -0.250. The van der Waals surface area contributed by atoms with Gasteiger partial charge in [0.25, 0.3) is 0 Å². The molecule has 0 radical (unpaired) electrons. The minimum Gasteiger partial charge on any atom is -0.428 e. The van der Waals surface area contributed by atoms with Crippen LogP contribution in [0, 0.1) is 0 Å². The van der Waals surface area contributed by atoms with Crippen molar-refractivity contribution in [2.24, 2.45) is 0 Å². The highest BCUT2D eigenvalue weighted by Gasteiger charge is 1.94. The first-order valence-corrected chi connectivity index (χ1v) is 5.12. The van der Waals surface area contributed by atoms with Gasteiger partial charge >= 0.3 is 0 Å². The molecule has 1 aromatic rings. The van der Waals surface area contributed by atoms with Crippen molar-refractivity contribution in [3.8, 4) is 5.75 Å². The van der Waals surface area contributed by atoms with Crippen molar-refractivity contribution in [3.63, 3.8) is 0 Å². The zero-order valence-electron chi connectivity index (χ0n) is 7.22. The molecule has 0 N–H and O–H groups in total. The van der Waals surface area contributed by atoms with Crippen molar-refractivity contribution < 1.29 is 3.07 Å². The molecule has 12 heavy (non-hydrogen) atoms. The van der Waals surface area contributed by atoms with Gasteiger partial charge in [0.15, 0.2) is 23.0 Å². The van der Waals surface area contributed by atoms with Crippen LogP contribution in [0.5, 0.6) is 5.75 Å². The van der Waals surface area contributed by atoms with Gasteiger partial charge in [0, 0.05) is 0 Å². The summed E-state index contributed by atoms with van der Waals surface area (Å²) < 4.78 is 5.10. The first-order chi connectivity index (χ1) is 5.86. The van der Waals surface area contributed by atoms with Gasteiger partial charge in [-0.25, -0.2) is 0 Å². The van der Waals surface area contributed by atoms with Gasteiger partial charge in [-0.2, -0.15) is 0 Å². The van der Waals surface area contributed by atoms with E-state index in [-0.39, 0.29) is 0 Å². The summed E-state index contributed by atoms with van der Waals surface area (Å²) in [6.45, 7) is 2.21. The van der Waals surface area contributed by atoms with Crippen LogP contribution in [0.3, 0.4) is 0 Å². The van der Waals surface area contributed by atoms with Crippen molar-refractivity contribution in [2.45, 2.75) is 26.2 Å². The summed E-state index contributed by atoms with van der Waals surface area (Å²) in [7, 11) is 0. The van der Waals surface area contributed by atoms with Crippen LogP contribution in [0.1, 0.15) is 25.3 Å². The molecule has 0 bridgehead atoms. The third-order valence-corrected chi connectivity index (χ3v) is 2.32. The lowest BCUT2D eigenvalue weighted by Crippen LogP contribution is -1.84. The van der Waals surface area contributed by atoms with Crippen molar-refractivity contribution in [1.29, 1.82) is 0 Å². The van der Waals surface area contributed by atoms with E-state index in [1.165, 1.54) is 18.4 Å².